The van der Waals surface area contributed by atoms with Gasteiger partial charge in [-0.1, -0.05) is 25.1 Å². The van der Waals surface area contributed by atoms with Crippen LogP contribution in [0, 0.1) is 10.1 Å². The molecule has 0 radical (unpaired) electrons. The number of para-hydroxylation sites is 1. The Morgan fingerprint density at radius 3 is 2.58 bits per heavy atom. The number of nitrogens with one attached hydrogen (secondary N) is 1. The lowest BCUT2D eigenvalue weighted by Crippen LogP contribution is -2.33. The smallest absolute Gasteiger partial charge is 0.273 e. The fraction of sp³-hybridized carbons (Fsp3) is 0.500. The molecule has 1 aromatic rings. The molecule has 0 bridgehead atoms. The van der Waals surface area contributed by atoms with Crippen molar-refractivity contribution in [3.8, 4) is 0 Å². The predicted molar refractivity (Wildman–Crippen MR) is 73.7 cm³/mol. The lowest BCUT2D eigenvalue weighted by atomic mass is 10.2. The second-order valence-corrected chi connectivity index (χ2v) is 6.76. The molecular formula is C12H18N2O4S. The predicted octanol–water partition coefficient (Wildman–Crippen LogP) is 1.51. The standard InChI is InChI=1S/C12H18N2O4S/c1-3-19(17,18)9-10(2)13-8-11-6-4-5-7-12(11)14(15)16/h4-7,10,13H,3,8-9H2,1-2H3. The molecule has 0 aromatic heterocycles. The van der Waals surface area contributed by atoms with Crippen molar-refractivity contribution in [1.82, 2.24) is 5.32 Å². The van der Waals surface area contributed by atoms with E-state index in [4.69, 9.17) is 0 Å². The van der Waals surface area contributed by atoms with E-state index < -0.39 is 14.8 Å². The molecule has 0 aliphatic heterocycles. The van der Waals surface area contributed by atoms with Gasteiger partial charge in [0.15, 0.2) is 9.84 Å². The summed E-state index contributed by atoms with van der Waals surface area (Å²) >= 11 is 0. The highest BCUT2D eigenvalue weighted by Crippen LogP contribution is 2.17. The van der Waals surface area contributed by atoms with Gasteiger partial charge in [-0.15, -0.1) is 0 Å². The minimum atomic E-state index is -3.05. The molecule has 0 saturated heterocycles. The van der Waals surface area contributed by atoms with Crippen LogP contribution in [0.5, 0.6) is 0 Å². The van der Waals surface area contributed by atoms with Gasteiger partial charge in [-0.05, 0) is 6.92 Å². The molecule has 0 aliphatic rings. The Balaban J connectivity index is 2.65. The Bertz CT molecular complexity index is 542. The van der Waals surface area contributed by atoms with Crippen molar-refractivity contribution in [2.24, 2.45) is 0 Å². The number of hydrogen-bond donors (Lipinski definition) is 1. The van der Waals surface area contributed by atoms with E-state index in [1.165, 1.54) is 6.07 Å². The molecule has 1 N–H and O–H groups in total. The summed E-state index contributed by atoms with van der Waals surface area (Å²) in [6.07, 6.45) is 0. The van der Waals surface area contributed by atoms with Crippen molar-refractivity contribution < 1.29 is 13.3 Å². The zero-order chi connectivity index (χ0) is 14.5. The van der Waals surface area contributed by atoms with Gasteiger partial charge in [-0.3, -0.25) is 10.1 Å². The summed E-state index contributed by atoms with van der Waals surface area (Å²) in [5, 5.41) is 13.8. The van der Waals surface area contributed by atoms with E-state index in [1.807, 2.05) is 0 Å². The molecule has 0 heterocycles. The first-order valence-corrected chi connectivity index (χ1v) is 7.84. The SMILES string of the molecule is CCS(=O)(=O)CC(C)NCc1ccccc1[N+](=O)[O-]. The average molecular weight is 286 g/mol. The molecule has 0 fully saturated rings. The average Bonchev–Trinajstić information content (AvgIpc) is 2.36. The highest BCUT2D eigenvalue weighted by molar-refractivity contribution is 7.91. The lowest BCUT2D eigenvalue weighted by molar-refractivity contribution is -0.385. The first-order valence-electron chi connectivity index (χ1n) is 6.02. The number of nitro benzene ring substituents is 1. The van der Waals surface area contributed by atoms with Crippen molar-refractivity contribution >= 4 is 15.5 Å². The summed E-state index contributed by atoms with van der Waals surface area (Å²) in [5.41, 5.74) is 0.591. The molecule has 0 amide bonds. The Morgan fingerprint density at radius 1 is 1.37 bits per heavy atom. The molecular weight excluding hydrogens is 268 g/mol. The number of sulfone groups is 1. The Hall–Kier alpha value is -1.47. The molecule has 7 heteroatoms. The second kappa shape index (κ2) is 6.63. The van der Waals surface area contributed by atoms with Gasteiger partial charge in [-0.2, -0.15) is 0 Å². The quantitative estimate of drug-likeness (QED) is 0.606. The molecule has 0 spiro atoms. The zero-order valence-corrected chi connectivity index (χ0v) is 11.8. The third-order valence-corrected chi connectivity index (χ3v) is 4.66. The zero-order valence-electron chi connectivity index (χ0n) is 11.0. The minimum absolute atomic E-state index is 0.0319. The van der Waals surface area contributed by atoms with Crippen molar-refractivity contribution in [1.29, 1.82) is 0 Å². The first-order chi connectivity index (χ1) is 8.85. The highest BCUT2D eigenvalue weighted by Gasteiger charge is 2.16. The van der Waals surface area contributed by atoms with Crippen molar-refractivity contribution in [3.63, 3.8) is 0 Å². The fourth-order valence-corrected chi connectivity index (χ4v) is 2.80. The summed E-state index contributed by atoms with van der Waals surface area (Å²) in [5.74, 6) is 0.134. The topological polar surface area (TPSA) is 89.3 Å². The van der Waals surface area contributed by atoms with Crippen LogP contribution in [0.15, 0.2) is 24.3 Å². The molecule has 1 rings (SSSR count). The van der Waals surface area contributed by atoms with Crippen LogP contribution in [0.4, 0.5) is 5.69 Å². The lowest BCUT2D eigenvalue weighted by Gasteiger charge is -2.13. The van der Waals surface area contributed by atoms with Crippen LogP contribution in [0.2, 0.25) is 0 Å². The van der Waals surface area contributed by atoms with E-state index in [0.29, 0.717) is 5.56 Å². The fourth-order valence-electron chi connectivity index (χ4n) is 1.68. The van der Waals surface area contributed by atoms with Crippen molar-refractivity contribution in [2.45, 2.75) is 26.4 Å². The normalized spacial score (nSPS) is 13.2. The number of nitrogens with zero attached hydrogens (tertiary/aromatic N) is 1. The number of rotatable bonds is 7. The van der Waals surface area contributed by atoms with Crippen LogP contribution in [0.3, 0.4) is 0 Å². The third-order valence-electron chi connectivity index (χ3n) is 2.77. The van der Waals surface area contributed by atoms with Crippen LogP contribution < -0.4 is 5.32 Å². The summed E-state index contributed by atoms with van der Waals surface area (Å²) in [4.78, 5) is 10.4. The minimum Gasteiger partial charge on any atom is -0.309 e. The number of hydrogen-bond acceptors (Lipinski definition) is 5. The van der Waals surface area contributed by atoms with E-state index in [1.54, 1.807) is 32.0 Å². The largest absolute Gasteiger partial charge is 0.309 e. The number of benzene rings is 1. The molecule has 19 heavy (non-hydrogen) atoms. The maximum atomic E-state index is 11.4. The second-order valence-electron chi connectivity index (χ2n) is 4.37. The maximum Gasteiger partial charge on any atom is 0.273 e. The van der Waals surface area contributed by atoms with Gasteiger partial charge in [0.2, 0.25) is 0 Å². The van der Waals surface area contributed by atoms with Crippen LogP contribution in [-0.2, 0) is 16.4 Å². The monoisotopic (exact) mass is 286 g/mol. The van der Waals surface area contributed by atoms with E-state index >= 15 is 0 Å². The maximum absolute atomic E-state index is 11.4. The van der Waals surface area contributed by atoms with Gasteiger partial charge in [0.05, 0.1) is 10.7 Å². The van der Waals surface area contributed by atoms with Crippen LogP contribution in [0.1, 0.15) is 19.4 Å². The van der Waals surface area contributed by atoms with Gasteiger partial charge >= 0.3 is 0 Å². The van der Waals surface area contributed by atoms with Gasteiger partial charge in [0, 0.05) is 30.0 Å². The van der Waals surface area contributed by atoms with E-state index in [-0.39, 0.29) is 29.8 Å². The van der Waals surface area contributed by atoms with Crippen LogP contribution >= 0.6 is 0 Å². The van der Waals surface area contributed by atoms with E-state index in [9.17, 15) is 18.5 Å². The summed E-state index contributed by atoms with van der Waals surface area (Å²) < 4.78 is 22.9. The molecule has 6 nitrogen and oxygen atoms in total. The molecule has 106 valence electrons. The molecule has 1 atom stereocenters. The van der Waals surface area contributed by atoms with E-state index in [0.717, 1.165) is 0 Å². The van der Waals surface area contributed by atoms with Crippen molar-refractivity contribution in [2.75, 3.05) is 11.5 Å². The molecule has 1 unspecified atom stereocenters. The summed E-state index contributed by atoms with van der Waals surface area (Å²) in [7, 11) is -3.05. The van der Waals surface area contributed by atoms with Crippen molar-refractivity contribution in [3.05, 3.63) is 39.9 Å². The number of nitro groups is 1. The molecule has 0 saturated carbocycles. The third kappa shape index (κ3) is 4.96. The first kappa shape index (κ1) is 15.6. The Kier molecular flexibility index (Phi) is 5.44. The van der Waals surface area contributed by atoms with Gasteiger partial charge in [0.1, 0.15) is 0 Å². The van der Waals surface area contributed by atoms with Crippen LogP contribution in [-0.4, -0.2) is 30.9 Å². The summed E-state index contributed by atoms with van der Waals surface area (Å²) in [6, 6.07) is 6.17. The highest BCUT2D eigenvalue weighted by atomic mass is 32.2. The van der Waals surface area contributed by atoms with Gasteiger partial charge in [0.25, 0.3) is 5.69 Å². The van der Waals surface area contributed by atoms with Gasteiger partial charge in [-0.25, -0.2) is 8.42 Å². The van der Waals surface area contributed by atoms with Crippen LogP contribution in [0.25, 0.3) is 0 Å². The molecule has 1 aromatic carbocycles. The van der Waals surface area contributed by atoms with Gasteiger partial charge < -0.3 is 5.32 Å². The molecule has 0 aliphatic carbocycles. The van der Waals surface area contributed by atoms with E-state index in [2.05, 4.69) is 5.32 Å². The summed E-state index contributed by atoms with van der Waals surface area (Å²) in [6.45, 7) is 3.63. The Labute approximate surface area is 112 Å². The Morgan fingerprint density at radius 2 is 2.00 bits per heavy atom.